The number of rotatable bonds is 8. The Kier molecular flexibility index (Phi) is 8.35. The van der Waals surface area contributed by atoms with E-state index in [9.17, 15) is 9.59 Å². The van der Waals surface area contributed by atoms with Crippen molar-refractivity contribution < 1.29 is 14.3 Å². The van der Waals surface area contributed by atoms with Crippen molar-refractivity contribution >= 4 is 11.8 Å². The average Bonchev–Trinajstić information content (AvgIpc) is 2.28. The van der Waals surface area contributed by atoms with Crippen molar-refractivity contribution in [1.82, 2.24) is 9.80 Å². The van der Waals surface area contributed by atoms with E-state index in [-0.39, 0.29) is 25.0 Å². The molecule has 0 aromatic heterocycles. The lowest BCUT2D eigenvalue weighted by Gasteiger charge is -2.23. The summed E-state index contributed by atoms with van der Waals surface area (Å²) in [7, 11) is 3.34. The lowest BCUT2D eigenvalue weighted by molar-refractivity contribution is -0.142. The number of ether oxygens (including phenoxy) is 1. The van der Waals surface area contributed by atoms with Crippen LogP contribution < -0.4 is 5.73 Å². The van der Waals surface area contributed by atoms with Gasteiger partial charge in [-0.15, -0.1) is 0 Å². The Labute approximate surface area is 103 Å². The van der Waals surface area contributed by atoms with Crippen LogP contribution in [-0.2, 0) is 14.3 Å². The molecule has 0 unspecified atom stereocenters. The summed E-state index contributed by atoms with van der Waals surface area (Å²) in [5.74, 6) is -0.263. The first kappa shape index (κ1) is 15.9. The molecule has 0 saturated heterocycles. The van der Waals surface area contributed by atoms with Gasteiger partial charge in [0.1, 0.15) is 6.61 Å². The minimum absolute atomic E-state index is 0.0160. The number of hydrogen-bond acceptors (Lipinski definition) is 4. The third-order valence-corrected chi connectivity index (χ3v) is 2.16. The number of likely N-dealkylation sites (N-methyl/N-ethyl adjacent to an activating group) is 1. The third kappa shape index (κ3) is 6.91. The van der Waals surface area contributed by atoms with Gasteiger partial charge >= 0.3 is 0 Å². The first-order chi connectivity index (χ1) is 8.02. The molecule has 0 heterocycles. The van der Waals surface area contributed by atoms with Gasteiger partial charge in [-0.25, -0.2) is 0 Å². The molecule has 100 valence electrons. The lowest BCUT2D eigenvalue weighted by Crippen LogP contribution is -2.42. The van der Waals surface area contributed by atoms with Gasteiger partial charge in [-0.05, 0) is 6.42 Å². The summed E-state index contributed by atoms with van der Waals surface area (Å²) in [6.45, 7) is 3.35. The van der Waals surface area contributed by atoms with Crippen LogP contribution in [0.15, 0.2) is 0 Å². The highest BCUT2D eigenvalue weighted by molar-refractivity contribution is 5.85. The number of amides is 2. The quantitative estimate of drug-likeness (QED) is 0.573. The molecule has 0 rings (SSSR count). The predicted molar refractivity (Wildman–Crippen MR) is 65.4 cm³/mol. The van der Waals surface area contributed by atoms with E-state index in [1.54, 1.807) is 14.1 Å². The maximum absolute atomic E-state index is 11.8. The van der Waals surface area contributed by atoms with Crippen LogP contribution in [0.5, 0.6) is 0 Å². The Morgan fingerprint density at radius 2 is 1.88 bits per heavy atom. The van der Waals surface area contributed by atoms with Gasteiger partial charge < -0.3 is 20.3 Å². The van der Waals surface area contributed by atoms with Gasteiger partial charge in [0, 0.05) is 27.2 Å². The van der Waals surface area contributed by atoms with Gasteiger partial charge in [-0.1, -0.05) is 6.92 Å². The molecule has 2 N–H and O–H groups in total. The molecule has 0 atom stereocenters. The van der Waals surface area contributed by atoms with Crippen molar-refractivity contribution in [3.63, 3.8) is 0 Å². The molecule has 0 aliphatic heterocycles. The SMILES string of the molecule is CCCN(CC(=O)N(C)C)C(=O)COCCN. The van der Waals surface area contributed by atoms with E-state index in [1.807, 2.05) is 6.92 Å². The van der Waals surface area contributed by atoms with Crippen LogP contribution in [0.1, 0.15) is 13.3 Å². The Morgan fingerprint density at radius 1 is 1.24 bits per heavy atom. The zero-order valence-corrected chi connectivity index (χ0v) is 10.9. The number of carbonyl (C=O) groups excluding carboxylic acids is 2. The molecule has 0 spiro atoms. The molecule has 0 saturated carbocycles. The van der Waals surface area contributed by atoms with Crippen LogP contribution >= 0.6 is 0 Å². The Morgan fingerprint density at radius 3 is 2.35 bits per heavy atom. The van der Waals surface area contributed by atoms with E-state index in [1.165, 1.54) is 9.80 Å². The van der Waals surface area contributed by atoms with Gasteiger partial charge in [-0.3, -0.25) is 9.59 Å². The van der Waals surface area contributed by atoms with Crippen LogP contribution in [0.25, 0.3) is 0 Å². The van der Waals surface area contributed by atoms with Crippen LogP contribution in [-0.4, -0.2) is 68.6 Å². The van der Waals surface area contributed by atoms with Crippen LogP contribution in [0.4, 0.5) is 0 Å². The van der Waals surface area contributed by atoms with Crippen molar-refractivity contribution in [1.29, 1.82) is 0 Å². The Bertz CT molecular complexity index is 244. The zero-order chi connectivity index (χ0) is 13.3. The van der Waals surface area contributed by atoms with E-state index >= 15 is 0 Å². The molecule has 0 radical (unpaired) electrons. The third-order valence-electron chi connectivity index (χ3n) is 2.16. The van der Waals surface area contributed by atoms with Crippen LogP contribution in [0.3, 0.4) is 0 Å². The van der Waals surface area contributed by atoms with Gasteiger partial charge in [-0.2, -0.15) is 0 Å². The van der Waals surface area contributed by atoms with Crippen molar-refractivity contribution in [2.75, 3.05) is 46.9 Å². The summed E-state index contributed by atoms with van der Waals surface area (Å²) in [6, 6.07) is 0. The molecule has 6 nitrogen and oxygen atoms in total. The molecule has 0 aromatic rings. The van der Waals surface area contributed by atoms with Gasteiger partial charge in [0.15, 0.2) is 0 Å². The largest absolute Gasteiger partial charge is 0.370 e. The van der Waals surface area contributed by atoms with Gasteiger partial charge in [0.2, 0.25) is 11.8 Å². The maximum Gasteiger partial charge on any atom is 0.249 e. The molecule has 17 heavy (non-hydrogen) atoms. The molecular weight excluding hydrogens is 222 g/mol. The Balaban J connectivity index is 4.20. The minimum atomic E-state index is -0.171. The molecule has 6 heteroatoms. The van der Waals surface area contributed by atoms with Crippen molar-refractivity contribution in [2.45, 2.75) is 13.3 Å². The van der Waals surface area contributed by atoms with E-state index in [2.05, 4.69) is 0 Å². The second-order valence-electron chi connectivity index (χ2n) is 3.94. The second-order valence-corrected chi connectivity index (χ2v) is 3.94. The monoisotopic (exact) mass is 245 g/mol. The lowest BCUT2D eigenvalue weighted by atomic mass is 10.3. The standard InChI is InChI=1S/C11H23N3O3/c1-4-6-14(8-10(15)13(2)3)11(16)9-17-7-5-12/h4-9,12H2,1-3H3. The molecular formula is C11H23N3O3. The number of hydrogen-bond donors (Lipinski definition) is 1. The second kappa shape index (κ2) is 8.95. The fourth-order valence-electron chi connectivity index (χ4n) is 1.20. The summed E-state index contributed by atoms with van der Waals surface area (Å²) >= 11 is 0. The van der Waals surface area contributed by atoms with Crippen LogP contribution in [0.2, 0.25) is 0 Å². The molecule has 0 aromatic carbocycles. The summed E-state index contributed by atoms with van der Waals surface area (Å²) < 4.78 is 5.07. The topological polar surface area (TPSA) is 75.9 Å². The minimum Gasteiger partial charge on any atom is -0.370 e. The van der Waals surface area contributed by atoms with Crippen molar-refractivity contribution in [2.24, 2.45) is 5.73 Å². The zero-order valence-electron chi connectivity index (χ0n) is 10.9. The number of carbonyl (C=O) groups is 2. The Hall–Kier alpha value is -1.14. The first-order valence-corrected chi connectivity index (χ1v) is 5.78. The van der Waals surface area contributed by atoms with Gasteiger partial charge in [0.25, 0.3) is 0 Å². The summed E-state index contributed by atoms with van der Waals surface area (Å²) in [6.07, 6.45) is 0.809. The predicted octanol–water partition coefficient (Wildman–Crippen LogP) is -0.711. The normalized spacial score (nSPS) is 10.1. The van der Waals surface area contributed by atoms with E-state index in [4.69, 9.17) is 10.5 Å². The highest BCUT2D eigenvalue weighted by Gasteiger charge is 2.17. The first-order valence-electron chi connectivity index (χ1n) is 5.78. The molecule has 0 aliphatic rings. The summed E-state index contributed by atoms with van der Waals surface area (Å²) in [5, 5.41) is 0. The molecule has 2 amide bonds. The number of nitrogens with zero attached hydrogens (tertiary/aromatic N) is 2. The van der Waals surface area contributed by atoms with E-state index < -0.39 is 0 Å². The van der Waals surface area contributed by atoms with Crippen LogP contribution in [0, 0.1) is 0 Å². The summed E-state index contributed by atoms with van der Waals surface area (Å²) in [5.41, 5.74) is 5.26. The smallest absolute Gasteiger partial charge is 0.249 e. The van der Waals surface area contributed by atoms with Gasteiger partial charge in [0.05, 0.1) is 13.2 Å². The highest BCUT2D eigenvalue weighted by atomic mass is 16.5. The molecule has 0 bridgehead atoms. The molecule has 0 fully saturated rings. The van der Waals surface area contributed by atoms with E-state index in [0.717, 1.165) is 6.42 Å². The molecule has 0 aliphatic carbocycles. The maximum atomic E-state index is 11.8. The summed E-state index contributed by atoms with van der Waals surface area (Å²) in [4.78, 5) is 26.3. The van der Waals surface area contributed by atoms with Crippen molar-refractivity contribution in [3.8, 4) is 0 Å². The fourth-order valence-corrected chi connectivity index (χ4v) is 1.20. The van der Waals surface area contributed by atoms with E-state index in [0.29, 0.717) is 19.7 Å². The average molecular weight is 245 g/mol. The fraction of sp³-hybridized carbons (Fsp3) is 0.818. The highest BCUT2D eigenvalue weighted by Crippen LogP contribution is 1.96. The van der Waals surface area contributed by atoms with Crippen molar-refractivity contribution in [3.05, 3.63) is 0 Å². The number of nitrogens with two attached hydrogens (primary N) is 1.